The Morgan fingerprint density at radius 2 is 1.73 bits per heavy atom. The van der Waals surface area contributed by atoms with Gasteiger partial charge in [-0.25, -0.2) is 13.2 Å². The molecular formula is C15H21NO5S. The number of rotatable bonds is 7. The van der Waals surface area contributed by atoms with Gasteiger partial charge in [0.1, 0.15) is 6.04 Å². The molecule has 0 aliphatic carbocycles. The van der Waals surface area contributed by atoms with Crippen molar-refractivity contribution in [3.63, 3.8) is 0 Å². The van der Waals surface area contributed by atoms with Gasteiger partial charge in [-0.3, -0.25) is 4.79 Å². The normalized spacial score (nSPS) is 14.1. The lowest BCUT2D eigenvalue weighted by Crippen LogP contribution is -2.45. The standard InChI is InChI=1S/C15H21NO5S/c1-4-10(3)13(15(18)19)16-14(17)11-6-8-12(9-7-11)22(20,21)5-2/h6-10,13H,4-5H2,1-3H3,(H,16,17)(H,18,19)/t10-,13-/m0/s1. The van der Waals surface area contributed by atoms with Crippen molar-refractivity contribution >= 4 is 21.7 Å². The van der Waals surface area contributed by atoms with Gasteiger partial charge in [-0.1, -0.05) is 27.2 Å². The van der Waals surface area contributed by atoms with Crippen LogP contribution in [0.2, 0.25) is 0 Å². The number of amides is 1. The molecule has 122 valence electrons. The molecule has 6 nitrogen and oxygen atoms in total. The smallest absolute Gasteiger partial charge is 0.326 e. The predicted molar refractivity (Wildman–Crippen MR) is 82.5 cm³/mol. The van der Waals surface area contributed by atoms with E-state index in [-0.39, 0.29) is 22.1 Å². The van der Waals surface area contributed by atoms with Crippen LogP contribution in [0.15, 0.2) is 29.2 Å². The molecule has 0 aromatic heterocycles. The Balaban J connectivity index is 2.92. The molecule has 7 heteroatoms. The van der Waals surface area contributed by atoms with E-state index >= 15 is 0 Å². The zero-order chi connectivity index (χ0) is 16.9. The van der Waals surface area contributed by atoms with Crippen molar-refractivity contribution in [1.29, 1.82) is 0 Å². The van der Waals surface area contributed by atoms with Gasteiger partial charge in [0.2, 0.25) is 0 Å². The Bertz CT molecular complexity index is 636. The number of hydrogen-bond donors (Lipinski definition) is 2. The molecule has 0 spiro atoms. The van der Waals surface area contributed by atoms with Gasteiger partial charge in [-0.15, -0.1) is 0 Å². The van der Waals surface area contributed by atoms with Crippen molar-refractivity contribution in [3.8, 4) is 0 Å². The fourth-order valence-electron chi connectivity index (χ4n) is 1.89. The number of carbonyl (C=O) groups excluding carboxylic acids is 1. The van der Waals surface area contributed by atoms with E-state index in [1.807, 2.05) is 6.92 Å². The van der Waals surface area contributed by atoms with E-state index in [2.05, 4.69) is 5.32 Å². The largest absolute Gasteiger partial charge is 0.480 e. The van der Waals surface area contributed by atoms with E-state index in [9.17, 15) is 18.0 Å². The molecule has 0 aliphatic heterocycles. The number of benzene rings is 1. The first-order chi connectivity index (χ1) is 10.2. The van der Waals surface area contributed by atoms with E-state index < -0.39 is 27.8 Å². The minimum Gasteiger partial charge on any atom is -0.480 e. The third kappa shape index (κ3) is 4.30. The van der Waals surface area contributed by atoms with Crippen molar-refractivity contribution in [2.45, 2.75) is 38.1 Å². The number of hydrogen-bond acceptors (Lipinski definition) is 4. The maximum absolute atomic E-state index is 12.1. The average Bonchev–Trinajstić information content (AvgIpc) is 2.51. The number of carbonyl (C=O) groups is 2. The Morgan fingerprint density at radius 1 is 1.18 bits per heavy atom. The first-order valence-electron chi connectivity index (χ1n) is 7.09. The molecule has 2 atom stereocenters. The molecule has 0 aliphatic rings. The highest BCUT2D eigenvalue weighted by molar-refractivity contribution is 7.91. The van der Waals surface area contributed by atoms with Crippen LogP contribution in [0.1, 0.15) is 37.6 Å². The van der Waals surface area contributed by atoms with Crippen LogP contribution in [0.25, 0.3) is 0 Å². The van der Waals surface area contributed by atoms with E-state index in [1.54, 1.807) is 13.8 Å². The maximum Gasteiger partial charge on any atom is 0.326 e. The molecule has 1 rings (SSSR count). The molecule has 0 saturated carbocycles. The first-order valence-corrected chi connectivity index (χ1v) is 8.74. The zero-order valence-corrected chi connectivity index (χ0v) is 13.7. The van der Waals surface area contributed by atoms with E-state index in [0.717, 1.165) is 0 Å². The first kappa shape index (κ1) is 18.2. The van der Waals surface area contributed by atoms with Crippen molar-refractivity contribution in [1.82, 2.24) is 5.32 Å². The Kier molecular flexibility index (Phi) is 6.11. The van der Waals surface area contributed by atoms with E-state index in [0.29, 0.717) is 6.42 Å². The summed E-state index contributed by atoms with van der Waals surface area (Å²) in [6.45, 7) is 5.13. The average molecular weight is 327 g/mol. The molecule has 0 heterocycles. The van der Waals surface area contributed by atoms with Crippen LogP contribution in [0.5, 0.6) is 0 Å². The molecule has 0 bridgehead atoms. The second kappa shape index (κ2) is 7.40. The van der Waals surface area contributed by atoms with Crippen LogP contribution < -0.4 is 5.32 Å². The summed E-state index contributed by atoms with van der Waals surface area (Å²) in [7, 11) is -3.32. The maximum atomic E-state index is 12.1. The topological polar surface area (TPSA) is 101 Å². The van der Waals surface area contributed by atoms with Gasteiger partial charge < -0.3 is 10.4 Å². The fourth-order valence-corrected chi connectivity index (χ4v) is 2.77. The van der Waals surface area contributed by atoms with Crippen LogP contribution in [0, 0.1) is 5.92 Å². The van der Waals surface area contributed by atoms with Gasteiger partial charge in [0.25, 0.3) is 5.91 Å². The minimum absolute atomic E-state index is 0.0202. The van der Waals surface area contributed by atoms with Crippen LogP contribution in [-0.2, 0) is 14.6 Å². The van der Waals surface area contributed by atoms with Crippen molar-refractivity contribution in [2.24, 2.45) is 5.92 Å². The van der Waals surface area contributed by atoms with Gasteiger partial charge in [0.05, 0.1) is 10.6 Å². The van der Waals surface area contributed by atoms with Crippen LogP contribution in [-0.4, -0.2) is 37.2 Å². The molecular weight excluding hydrogens is 306 g/mol. The van der Waals surface area contributed by atoms with Crippen molar-refractivity contribution in [3.05, 3.63) is 29.8 Å². The Labute approximate surface area is 130 Å². The lowest BCUT2D eigenvalue weighted by molar-refractivity contribution is -0.140. The molecule has 1 aromatic carbocycles. The number of aliphatic carboxylic acids is 1. The highest BCUT2D eigenvalue weighted by atomic mass is 32.2. The van der Waals surface area contributed by atoms with Crippen molar-refractivity contribution in [2.75, 3.05) is 5.75 Å². The van der Waals surface area contributed by atoms with Gasteiger partial charge in [-0.05, 0) is 30.2 Å². The molecule has 0 fully saturated rings. The van der Waals surface area contributed by atoms with E-state index in [1.165, 1.54) is 24.3 Å². The van der Waals surface area contributed by atoms with Crippen LogP contribution in [0.3, 0.4) is 0 Å². The summed E-state index contributed by atoms with van der Waals surface area (Å²) >= 11 is 0. The Hall–Kier alpha value is -1.89. The van der Waals surface area contributed by atoms with E-state index in [4.69, 9.17) is 5.11 Å². The van der Waals surface area contributed by atoms with Crippen LogP contribution >= 0.6 is 0 Å². The number of carboxylic acids is 1. The third-order valence-electron chi connectivity index (χ3n) is 3.62. The highest BCUT2D eigenvalue weighted by Crippen LogP contribution is 2.13. The molecule has 0 unspecified atom stereocenters. The number of nitrogens with one attached hydrogen (secondary N) is 1. The van der Waals surface area contributed by atoms with Gasteiger partial charge in [-0.2, -0.15) is 0 Å². The molecule has 1 aromatic rings. The summed E-state index contributed by atoms with van der Waals surface area (Å²) in [5, 5.41) is 11.6. The highest BCUT2D eigenvalue weighted by Gasteiger charge is 2.25. The number of sulfone groups is 1. The van der Waals surface area contributed by atoms with Gasteiger partial charge in [0.15, 0.2) is 9.84 Å². The van der Waals surface area contributed by atoms with Crippen molar-refractivity contribution < 1.29 is 23.1 Å². The van der Waals surface area contributed by atoms with Gasteiger partial charge >= 0.3 is 5.97 Å². The summed E-state index contributed by atoms with van der Waals surface area (Å²) in [6, 6.07) is 4.50. The predicted octanol–water partition coefficient (Wildman–Crippen LogP) is 1.71. The molecule has 1 amide bonds. The summed E-state index contributed by atoms with van der Waals surface area (Å²) in [6.07, 6.45) is 0.616. The zero-order valence-electron chi connectivity index (χ0n) is 12.9. The molecule has 2 N–H and O–H groups in total. The monoisotopic (exact) mass is 327 g/mol. The lowest BCUT2D eigenvalue weighted by Gasteiger charge is -2.20. The second-order valence-electron chi connectivity index (χ2n) is 5.10. The molecule has 0 saturated heterocycles. The van der Waals surface area contributed by atoms with Crippen LogP contribution in [0.4, 0.5) is 0 Å². The summed E-state index contributed by atoms with van der Waals surface area (Å²) in [4.78, 5) is 23.4. The van der Waals surface area contributed by atoms with Gasteiger partial charge in [0, 0.05) is 5.56 Å². The summed E-state index contributed by atoms with van der Waals surface area (Å²) in [5.74, 6) is -1.85. The minimum atomic E-state index is -3.32. The lowest BCUT2D eigenvalue weighted by atomic mass is 9.99. The Morgan fingerprint density at radius 3 is 2.14 bits per heavy atom. The summed E-state index contributed by atoms with van der Waals surface area (Å²) < 4.78 is 23.4. The second-order valence-corrected chi connectivity index (χ2v) is 7.38. The third-order valence-corrected chi connectivity index (χ3v) is 5.37. The summed E-state index contributed by atoms with van der Waals surface area (Å²) in [5.41, 5.74) is 0.226. The fraction of sp³-hybridized carbons (Fsp3) is 0.467. The quantitative estimate of drug-likeness (QED) is 0.794. The number of carboxylic acid groups (broad SMARTS) is 1. The SMILES string of the molecule is CC[C@H](C)[C@H](NC(=O)c1ccc(S(=O)(=O)CC)cc1)C(=O)O. The molecule has 0 radical (unpaired) electrons. The molecule has 22 heavy (non-hydrogen) atoms.